The van der Waals surface area contributed by atoms with Crippen LogP contribution in [-0.4, -0.2) is 54.8 Å². The average molecular weight is 262 g/mol. The average Bonchev–Trinajstić information content (AvgIpc) is 2.34. The van der Waals surface area contributed by atoms with Crippen LogP contribution >= 0.6 is 0 Å². The van der Waals surface area contributed by atoms with E-state index in [2.05, 4.69) is 0 Å². The van der Waals surface area contributed by atoms with Gasteiger partial charge < -0.3 is 14.9 Å². The highest BCUT2D eigenvalue weighted by Gasteiger charge is 2.17. The summed E-state index contributed by atoms with van der Waals surface area (Å²) in [6.45, 7) is 0. The van der Waals surface area contributed by atoms with Crippen LogP contribution in [0.25, 0.3) is 0 Å². The van der Waals surface area contributed by atoms with Gasteiger partial charge in [0.25, 0.3) is 5.91 Å². The molecular formula is C14H18N2O3. The second kappa shape index (κ2) is 6.04. The third-order valence-electron chi connectivity index (χ3n) is 2.54. The predicted molar refractivity (Wildman–Crippen MR) is 72.9 cm³/mol. The van der Waals surface area contributed by atoms with Crippen molar-refractivity contribution in [3.05, 3.63) is 41.6 Å². The number of allylic oxidation sites excluding steroid dienone is 1. The van der Waals surface area contributed by atoms with Crippen molar-refractivity contribution in [2.75, 3.05) is 28.2 Å². The fourth-order valence-electron chi connectivity index (χ4n) is 1.50. The van der Waals surface area contributed by atoms with Crippen molar-refractivity contribution in [2.24, 2.45) is 0 Å². The van der Waals surface area contributed by atoms with Gasteiger partial charge in [-0.25, -0.2) is 0 Å². The fourth-order valence-corrected chi connectivity index (χ4v) is 1.50. The van der Waals surface area contributed by atoms with Gasteiger partial charge in [-0.05, 0) is 12.1 Å². The molecule has 0 unspecified atom stereocenters. The summed E-state index contributed by atoms with van der Waals surface area (Å²) in [5.74, 6) is -0.773. The van der Waals surface area contributed by atoms with E-state index in [4.69, 9.17) is 0 Å². The number of carbonyl (C=O) groups excluding carboxylic acids is 2. The van der Waals surface area contributed by atoms with Crippen molar-refractivity contribution in [2.45, 2.75) is 0 Å². The Morgan fingerprint density at radius 3 is 2.11 bits per heavy atom. The smallest absolute Gasteiger partial charge is 0.269 e. The molecule has 0 saturated carbocycles. The Labute approximate surface area is 112 Å². The van der Waals surface area contributed by atoms with E-state index in [1.165, 1.54) is 23.1 Å². The summed E-state index contributed by atoms with van der Waals surface area (Å²) in [4.78, 5) is 27.0. The lowest BCUT2D eigenvalue weighted by atomic mass is 10.1. The molecule has 102 valence electrons. The normalized spacial score (nSPS) is 11.1. The lowest BCUT2D eigenvalue weighted by molar-refractivity contribution is -0.126. The molecule has 0 aliphatic heterocycles. The first-order valence-electron chi connectivity index (χ1n) is 5.77. The number of hydrogen-bond donors (Lipinski definition) is 1. The molecular weight excluding hydrogens is 244 g/mol. The van der Waals surface area contributed by atoms with Gasteiger partial charge in [0.1, 0.15) is 11.4 Å². The van der Waals surface area contributed by atoms with Crippen LogP contribution < -0.4 is 0 Å². The lowest BCUT2D eigenvalue weighted by Crippen LogP contribution is -2.31. The second-order valence-electron chi connectivity index (χ2n) is 4.50. The Balaban J connectivity index is 3.14. The maximum atomic E-state index is 12.1. The third kappa shape index (κ3) is 3.58. The molecule has 1 aromatic rings. The number of phenolic OH excluding ortho intramolecular Hbond substituents is 1. The molecule has 0 fully saturated rings. The molecule has 5 nitrogen and oxygen atoms in total. The van der Waals surface area contributed by atoms with Gasteiger partial charge in [-0.2, -0.15) is 0 Å². The highest BCUT2D eigenvalue weighted by Crippen LogP contribution is 2.17. The molecule has 1 rings (SSSR count). The van der Waals surface area contributed by atoms with Crippen LogP contribution in [0.2, 0.25) is 0 Å². The van der Waals surface area contributed by atoms with Crippen LogP contribution in [0, 0.1) is 0 Å². The minimum absolute atomic E-state index is 0.0980. The van der Waals surface area contributed by atoms with E-state index in [1.54, 1.807) is 45.2 Å². The zero-order valence-corrected chi connectivity index (χ0v) is 11.5. The van der Waals surface area contributed by atoms with Crippen LogP contribution in [0.3, 0.4) is 0 Å². The molecule has 1 aromatic carbocycles. The van der Waals surface area contributed by atoms with Gasteiger partial charge in [0.05, 0.1) is 5.56 Å². The summed E-state index contributed by atoms with van der Waals surface area (Å²) in [6.07, 6.45) is 1.23. The number of carbonyl (C=O) groups is 2. The maximum absolute atomic E-state index is 12.1. The molecule has 19 heavy (non-hydrogen) atoms. The summed E-state index contributed by atoms with van der Waals surface area (Å²) in [5.41, 5.74) is 0.437. The fraction of sp³-hybridized carbons (Fsp3) is 0.286. The standard InChI is InChI=1S/C14H18N2O3/c1-15(2)11(14(19)16(3)4)9-13(18)10-7-5-6-8-12(10)17/h5-9,17H,1-4H3/b11-9+. The second-order valence-corrected chi connectivity index (χ2v) is 4.50. The minimum Gasteiger partial charge on any atom is -0.507 e. The molecule has 1 amide bonds. The van der Waals surface area contributed by atoms with Crippen LogP contribution in [-0.2, 0) is 4.79 Å². The van der Waals surface area contributed by atoms with E-state index >= 15 is 0 Å². The van der Waals surface area contributed by atoms with Crippen LogP contribution in [0.5, 0.6) is 5.75 Å². The molecule has 0 heterocycles. The molecule has 0 atom stereocenters. The molecule has 0 aliphatic rings. The Morgan fingerprint density at radius 2 is 1.63 bits per heavy atom. The van der Waals surface area contributed by atoms with Gasteiger partial charge in [0.2, 0.25) is 0 Å². The van der Waals surface area contributed by atoms with E-state index in [9.17, 15) is 14.7 Å². The zero-order valence-electron chi connectivity index (χ0n) is 11.5. The van der Waals surface area contributed by atoms with E-state index in [0.717, 1.165) is 0 Å². The molecule has 5 heteroatoms. The Kier molecular flexibility index (Phi) is 4.69. The Bertz CT molecular complexity index is 519. The number of aromatic hydroxyl groups is 1. The monoisotopic (exact) mass is 262 g/mol. The number of benzene rings is 1. The highest BCUT2D eigenvalue weighted by atomic mass is 16.3. The first-order valence-corrected chi connectivity index (χ1v) is 5.77. The first-order chi connectivity index (χ1) is 8.84. The van der Waals surface area contributed by atoms with E-state index in [-0.39, 0.29) is 22.9 Å². The van der Waals surface area contributed by atoms with E-state index < -0.39 is 5.78 Å². The number of likely N-dealkylation sites (N-methyl/N-ethyl adjacent to an activating group) is 2. The summed E-state index contributed by atoms with van der Waals surface area (Å²) < 4.78 is 0. The van der Waals surface area contributed by atoms with Gasteiger partial charge in [-0.15, -0.1) is 0 Å². The quantitative estimate of drug-likeness (QED) is 0.652. The number of ketones is 1. The van der Waals surface area contributed by atoms with Crippen molar-refractivity contribution in [1.82, 2.24) is 9.80 Å². The molecule has 0 radical (unpaired) electrons. The maximum Gasteiger partial charge on any atom is 0.269 e. The topological polar surface area (TPSA) is 60.9 Å². The summed E-state index contributed by atoms with van der Waals surface area (Å²) in [5, 5.41) is 9.62. The predicted octanol–water partition coefficient (Wildman–Crippen LogP) is 1.11. The van der Waals surface area contributed by atoms with Gasteiger partial charge in [-0.1, -0.05) is 12.1 Å². The van der Waals surface area contributed by atoms with Gasteiger partial charge >= 0.3 is 0 Å². The largest absolute Gasteiger partial charge is 0.507 e. The van der Waals surface area contributed by atoms with Crippen LogP contribution in [0.4, 0.5) is 0 Å². The molecule has 1 N–H and O–H groups in total. The van der Waals surface area contributed by atoms with Gasteiger partial charge in [-0.3, -0.25) is 9.59 Å². The number of phenols is 1. The summed E-state index contributed by atoms with van der Waals surface area (Å²) in [7, 11) is 6.60. The summed E-state index contributed by atoms with van der Waals surface area (Å²) >= 11 is 0. The lowest BCUT2D eigenvalue weighted by Gasteiger charge is -2.19. The number of amides is 1. The molecule has 0 aromatic heterocycles. The van der Waals surface area contributed by atoms with Crippen molar-refractivity contribution in [1.29, 1.82) is 0 Å². The first kappa shape index (κ1) is 14.8. The number of nitrogens with zero attached hydrogens (tertiary/aromatic N) is 2. The molecule has 0 aliphatic carbocycles. The van der Waals surface area contributed by atoms with E-state index in [0.29, 0.717) is 0 Å². The highest BCUT2D eigenvalue weighted by molar-refractivity contribution is 6.10. The van der Waals surface area contributed by atoms with Crippen molar-refractivity contribution >= 4 is 11.7 Å². The van der Waals surface area contributed by atoms with Gasteiger partial charge in [0.15, 0.2) is 5.78 Å². The SMILES string of the molecule is CN(C)C(=O)/C(=C\C(=O)c1ccccc1O)N(C)C. The molecule has 0 bridgehead atoms. The van der Waals surface area contributed by atoms with E-state index in [1.807, 2.05) is 0 Å². The number of para-hydroxylation sites is 1. The van der Waals surface area contributed by atoms with Crippen LogP contribution in [0.15, 0.2) is 36.0 Å². The minimum atomic E-state index is -0.406. The molecule has 0 spiro atoms. The zero-order chi connectivity index (χ0) is 14.6. The Hall–Kier alpha value is -2.30. The van der Waals surface area contributed by atoms with Crippen molar-refractivity contribution < 1.29 is 14.7 Å². The number of hydrogen-bond acceptors (Lipinski definition) is 4. The molecule has 0 saturated heterocycles. The van der Waals surface area contributed by atoms with Gasteiger partial charge in [0, 0.05) is 34.3 Å². The summed E-state index contributed by atoms with van der Waals surface area (Å²) in [6, 6.07) is 6.24. The third-order valence-corrected chi connectivity index (χ3v) is 2.54. The van der Waals surface area contributed by atoms with Crippen LogP contribution in [0.1, 0.15) is 10.4 Å². The van der Waals surface area contributed by atoms with Crippen molar-refractivity contribution in [3.63, 3.8) is 0 Å². The Morgan fingerprint density at radius 1 is 1.05 bits per heavy atom. The number of rotatable bonds is 4. The van der Waals surface area contributed by atoms with Crippen molar-refractivity contribution in [3.8, 4) is 5.75 Å².